The number of benzene rings is 2. The van der Waals surface area contributed by atoms with Crippen molar-refractivity contribution in [3.05, 3.63) is 65.1 Å². The molecule has 4 heteroatoms. The van der Waals surface area contributed by atoms with Gasteiger partial charge >= 0.3 is 0 Å². The standard InChI is InChI=1S/C15H11ClN2O/c16-12-7-5-10(6-8-12)13-9-11-3-1-2-4-14(11)18(19)15(13)17/h1-9,17,19H. The average molecular weight is 271 g/mol. The fourth-order valence-corrected chi connectivity index (χ4v) is 2.24. The Hall–Kier alpha value is -2.26. The van der Waals surface area contributed by atoms with E-state index in [1.807, 2.05) is 36.4 Å². The average Bonchev–Trinajstić information content (AvgIpc) is 2.44. The van der Waals surface area contributed by atoms with Gasteiger partial charge in [0, 0.05) is 16.0 Å². The Kier molecular flexibility index (Phi) is 2.76. The van der Waals surface area contributed by atoms with E-state index in [2.05, 4.69) is 0 Å². The summed E-state index contributed by atoms with van der Waals surface area (Å²) in [6, 6.07) is 16.5. The van der Waals surface area contributed by atoms with Gasteiger partial charge in [-0.2, -0.15) is 4.73 Å². The van der Waals surface area contributed by atoms with Crippen LogP contribution in [0.2, 0.25) is 5.02 Å². The Bertz CT molecular complexity index is 806. The van der Waals surface area contributed by atoms with Crippen molar-refractivity contribution in [3.8, 4) is 11.1 Å². The predicted molar refractivity (Wildman–Crippen MR) is 75.4 cm³/mol. The molecular weight excluding hydrogens is 260 g/mol. The molecule has 0 saturated heterocycles. The first-order valence-corrected chi connectivity index (χ1v) is 6.19. The van der Waals surface area contributed by atoms with Crippen LogP contribution in [0, 0.1) is 5.41 Å². The van der Waals surface area contributed by atoms with Crippen molar-refractivity contribution < 1.29 is 5.21 Å². The summed E-state index contributed by atoms with van der Waals surface area (Å²) in [5.41, 5.74) is 2.19. The van der Waals surface area contributed by atoms with Crippen molar-refractivity contribution in [2.75, 3.05) is 0 Å². The summed E-state index contributed by atoms with van der Waals surface area (Å²) in [6.45, 7) is 0. The number of para-hydroxylation sites is 1. The molecule has 0 aliphatic rings. The number of halogens is 1. The molecular formula is C15H11ClN2O. The van der Waals surface area contributed by atoms with E-state index >= 15 is 0 Å². The molecule has 2 aromatic carbocycles. The summed E-state index contributed by atoms with van der Waals surface area (Å²) < 4.78 is 0.902. The van der Waals surface area contributed by atoms with Gasteiger partial charge in [0.2, 0.25) is 0 Å². The minimum Gasteiger partial charge on any atom is -0.426 e. The lowest BCUT2D eigenvalue weighted by Crippen LogP contribution is -2.20. The summed E-state index contributed by atoms with van der Waals surface area (Å²) in [5, 5.41) is 19.6. The summed E-state index contributed by atoms with van der Waals surface area (Å²) in [4.78, 5) is 0. The second-order valence-electron chi connectivity index (χ2n) is 4.28. The SMILES string of the molecule is N=c1c(-c2ccc(Cl)cc2)cc2ccccc2n1O. The van der Waals surface area contributed by atoms with Gasteiger partial charge in [-0.3, -0.25) is 5.41 Å². The number of aromatic nitrogens is 1. The molecule has 0 radical (unpaired) electrons. The minimum absolute atomic E-state index is 0.0565. The highest BCUT2D eigenvalue weighted by atomic mass is 35.5. The third-order valence-electron chi connectivity index (χ3n) is 3.09. The van der Waals surface area contributed by atoms with Crippen molar-refractivity contribution in [1.29, 1.82) is 5.41 Å². The van der Waals surface area contributed by atoms with Crippen LogP contribution in [0.1, 0.15) is 0 Å². The fraction of sp³-hybridized carbons (Fsp3) is 0. The summed E-state index contributed by atoms with van der Waals surface area (Å²) >= 11 is 5.86. The highest BCUT2D eigenvalue weighted by Crippen LogP contribution is 2.22. The molecule has 3 rings (SSSR count). The van der Waals surface area contributed by atoms with E-state index in [-0.39, 0.29) is 5.49 Å². The van der Waals surface area contributed by atoms with Crippen molar-refractivity contribution in [2.24, 2.45) is 0 Å². The molecule has 3 aromatic rings. The Labute approximate surface area is 114 Å². The first-order chi connectivity index (χ1) is 9.16. The van der Waals surface area contributed by atoms with E-state index in [1.165, 1.54) is 0 Å². The maximum atomic E-state index is 10.1. The zero-order valence-electron chi connectivity index (χ0n) is 9.97. The van der Waals surface area contributed by atoms with Crippen LogP contribution < -0.4 is 5.49 Å². The second kappa shape index (κ2) is 4.44. The summed E-state index contributed by atoms with van der Waals surface area (Å²) in [6.07, 6.45) is 0. The van der Waals surface area contributed by atoms with Crippen molar-refractivity contribution in [1.82, 2.24) is 4.73 Å². The van der Waals surface area contributed by atoms with Gasteiger partial charge in [-0.1, -0.05) is 41.9 Å². The van der Waals surface area contributed by atoms with Crippen molar-refractivity contribution in [2.45, 2.75) is 0 Å². The maximum Gasteiger partial charge on any atom is 0.169 e. The van der Waals surface area contributed by atoms with Gasteiger partial charge in [-0.05, 0) is 29.8 Å². The van der Waals surface area contributed by atoms with E-state index < -0.39 is 0 Å². The van der Waals surface area contributed by atoms with Gasteiger partial charge in [0.05, 0.1) is 5.52 Å². The van der Waals surface area contributed by atoms with E-state index in [9.17, 15) is 5.21 Å². The zero-order valence-corrected chi connectivity index (χ0v) is 10.7. The molecule has 0 saturated carbocycles. The number of pyridine rings is 1. The largest absolute Gasteiger partial charge is 0.426 e. The molecule has 0 amide bonds. The highest BCUT2D eigenvalue weighted by Gasteiger charge is 2.07. The van der Waals surface area contributed by atoms with Crippen LogP contribution in [0.3, 0.4) is 0 Å². The van der Waals surface area contributed by atoms with E-state index in [1.54, 1.807) is 18.2 Å². The van der Waals surface area contributed by atoms with Crippen LogP contribution in [0.4, 0.5) is 0 Å². The van der Waals surface area contributed by atoms with Gasteiger partial charge in [-0.25, -0.2) is 0 Å². The Morgan fingerprint density at radius 3 is 2.42 bits per heavy atom. The Morgan fingerprint density at radius 1 is 1.00 bits per heavy atom. The van der Waals surface area contributed by atoms with E-state index in [0.29, 0.717) is 16.1 Å². The van der Waals surface area contributed by atoms with E-state index in [0.717, 1.165) is 15.7 Å². The van der Waals surface area contributed by atoms with E-state index in [4.69, 9.17) is 17.0 Å². The number of fused-ring (bicyclic) bond motifs is 1. The molecule has 0 aliphatic carbocycles. The predicted octanol–water partition coefficient (Wildman–Crippen LogP) is 3.68. The minimum atomic E-state index is 0.0565. The van der Waals surface area contributed by atoms with Crippen molar-refractivity contribution in [3.63, 3.8) is 0 Å². The van der Waals surface area contributed by atoms with Gasteiger partial charge in [-0.15, -0.1) is 0 Å². The number of nitrogens with one attached hydrogen (secondary N) is 1. The molecule has 2 N–H and O–H groups in total. The molecule has 0 atom stereocenters. The number of hydrogen-bond acceptors (Lipinski definition) is 2. The third-order valence-corrected chi connectivity index (χ3v) is 3.34. The second-order valence-corrected chi connectivity index (χ2v) is 4.72. The van der Waals surface area contributed by atoms with Gasteiger partial charge in [0.1, 0.15) is 0 Å². The smallest absolute Gasteiger partial charge is 0.169 e. The van der Waals surface area contributed by atoms with Gasteiger partial charge in [0.15, 0.2) is 5.49 Å². The van der Waals surface area contributed by atoms with Gasteiger partial charge in [0.25, 0.3) is 0 Å². The Morgan fingerprint density at radius 2 is 1.68 bits per heavy atom. The first-order valence-electron chi connectivity index (χ1n) is 5.81. The quantitative estimate of drug-likeness (QED) is 0.651. The summed E-state index contributed by atoms with van der Waals surface area (Å²) in [5.74, 6) is 0. The summed E-state index contributed by atoms with van der Waals surface area (Å²) in [7, 11) is 0. The molecule has 1 heterocycles. The lowest BCUT2D eigenvalue weighted by atomic mass is 10.0. The van der Waals surface area contributed by atoms with Crippen molar-refractivity contribution >= 4 is 22.5 Å². The molecule has 0 fully saturated rings. The topological polar surface area (TPSA) is 49.0 Å². The van der Waals surface area contributed by atoms with Crippen LogP contribution in [0.25, 0.3) is 22.0 Å². The Balaban J connectivity index is 2.33. The van der Waals surface area contributed by atoms with Crippen LogP contribution in [0.5, 0.6) is 0 Å². The zero-order chi connectivity index (χ0) is 13.4. The van der Waals surface area contributed by atoms with Crippen LogP contribution >= 0.6 is 11.6 Å². The number of nitrogens with zero attached hydrogens (tertiary/aromatic N) is 1. The monoisotopic (exact) mass is 270 g/mol. The highest BCUT2D eigenvalue weighted by molar-refractivity contribution is 6.30. The molecule has 0 unspecified atom stereocenters. The fourth-order valence-electron chi connectivity index (χ4n) is 2.11. The maximum absolute atomic E-state index is 10.1. The third kappa shape index (κ3) is 1.98. The van der Waals surface area contributed by atoms with Crippen LogP contribution in [-0.4, -0.2) is 9.94 Å². The lowest BCUT2D eigenvalue weighted by molar-refractivity contribution is 0.185. The van der Waals surface area contributed by atoms with Crippen LogP contribution in [-0.2, 0) is 0 Å². The van der Waals surface area contributed by atoms with Gasteiger partial charge < -0.3 is 5.21 Å². The molecule has 0 spiro atoms. The number of hydrogen-bond donors (Lipinski definition) is 2. The lowest BCUT2D eigenvalue weighted by Gasteiger charge is -2.09. The van der Waals surface area contributed by atoms with Crippen LogP contribution in [0.15, 0.2) is 54.6 Å². The number of rotatable bonds is 1. The molecule has 94 valence electrons. The molecule has 19 heavy (non-hydrogen) atoms. The molecule has 3 nitrogen and oxygen atoms in total. The first kappa shape index (κ1) is 11.8. The molecule has 0 aliphatic heterocycles. The molecule has 0 bridgehead atoms. The normalized spacial score (nSPS) is 10.8. The molecule has 1 aromatic heterocycles.